The summed E-state index contributed by atoms with van der Waals surface area (Å²) in [7, 11) is 0. The highest BCUT2D eigenvalue weighted by atomic mass is 79.9. The Morgan fingerprint density at radius 3 is 2.93 bits per heavy atom. The van der Waals surface area contributed by atoms with Crippen LogP contribution in [0.15, 0.2) is 18.2 Å². The smallest absolute Gasteiger partial charge is 0.164 e. The van der Waals surface area contributed by atoms with Gasteiger partial charge in [0.15, 0.2) is 11.5 Å². The summed E-state index contributed by atoms with van der Waals surface area (Å²) in [5, 5.41) is 1.03. The van der Waals surface area contributed by atoms with E-state index in [1.54, 1.807) is 0 Å². The predicted molar refractivity (Wildman–Crippen MR) is 59.5 cm³/mol. The van der Waals surface area contributed by atoms with E-state index in [2.05, 4.69) is 22.0 Å². The van der Waals surface area contributed by atoms with Gasteiger partial charge < -0.3 is 9.47 Å². The minimum Gasteiger partial charge on any atom is -0.486 e. The first-order chi connectivity index (χ1) is 6.92. The Kier molecular flexibility index (Phi) is 3.30. The van der Waals surface area contributed by atoms with Gasteiger partial charge in [-0.2, -0.15) is 0 Å². The molecule has 0 saturated heterocycles. The molecule has 0 aromatic heterocycles. The van der Waals surface area contributed by atoms with Gasteiger partial charge in [0.05, 0.1) is 0 Å². The van der Waals surface area contributed by atoms with Crippen LogP contribution in [0.2, 0.25) is 0 Å². The van der Waals surface area contributed by atoms with Gasteiger partial charge in [0.2, 0.25) is 0 Å². The number of ether oxygens (including phenoxy) is 2. The van der Waals surface area contributed by atoms with Crippen molar-refractivity contribution in [2.24, 2.45) is 0 Å². The number of benzene rings is 1. The Bertz CT molecular complexity index is 312. The predicted octanol–water partition coefficient (Wildman–Crippen LogP) is 2.79. The molecule has 0 atom stereocenters. The molecule has 0 radical (unpaired) electrons. The summed E-state index contributed by atoms with van der Waals surface area (Å²) in [4.78, 5) is 0. The summed E-state index contributed by atoms with van der Waals surface area (Å²) in [5.41, 5.74) is 1.25. The monoisotopic (exact) mass is 256 g/mol. The van der Waals surface area contributed by atoms with Gasteiger partial charge in [0, 0.05) is 5.33 Å². The van der Waals surface area contributed by atoms with E-state index in [-0.39, 0.29) is 0 Å². The van der Waals surface area contributed by atoms with Crippen molar-refractivity contribution >= 4 is 15.9 Å². The molecular formula is C11H13BrO2. The van der Waals surface area contributed by atoms with Crippen LogP contribution in [0.4, 0.5) is 0 Å². The molecule has 2 rings (SSSR count). The van der Waals surface area contributed by atoms with Gasteiger partial charge in [-0.3, -0.25) is 0 Å². The standard InChI is InChI=1S/C11H13BrO2/c12-6-2-4-9-3-1-5-10-11(9)14-8-7-13-10/h1,3,5H,2,4,6-8H2. The molecule has 0 unspecified atom stereocenters. The zero-order valence-corrected chi connectivity index (χ0v) is 9.55. The lowest BCUT2D eigenvalue weighted by molar-refractivity contribution is 0.170. The van der Waals surface area contributed by atoms with Gasteiger partial charge in [0.25, 0.3) is 0 Å². The lowest BCUT2D eigenvalue weighted by Gasteiger charge is -2.20. The van der Waals surface area contributed by atoms with Crippen LogP contribution in [0.5, 0.6) is 11.5 Å². The number of alkyl halides is 1. The summed E-state index contributed by atoms with van der Waals surface area (Å²) in [6, 6.07) is 6.10. The van der Waals surface area contributed by atoms with Crippen LogP contribution in [0.3, 0.4) is 0 Å². The molecule has 0 bridgehead atoms. The second-order valence-electron chi connectivity index (χ2n) is 3.23. The lowest BCUT2D eigenvalue weighted by Crippen LogP contribution is -2.16. The maximum Gasteiger partial charge on any atom is 0.164 e. The van der Waals surface area contributed by atoms with Crippen molar-refractivity contribution in [3.8, 4) is 11.5 Å². The number of para-hydroxylation sites is 1. The fourth-order valence-corrected chi connectivity index (χ4v) is 1.87. The van der Waals surface area contributed by atoms with Gasteiger partial charge in [-0.1, -0.05) is 28.1 Å². The van der Waals surface area contributed by atoms with Crippen molar-refractivity contribution in [3.63, 3.8) is 0 Å². The molecule has 76 valence electrons. The minimum absolute atomic E-state index is 0.662. The third-order valence-electron chi connectivity index (χ3n) is 2.23. The maximum absolute atomic E-state index is 5.61. The van der Waals surface area contributed by atoms with Crippen LogP contribution < -0.4 is 9.47 Å². The zero-order chi connectivity index (χ0) is 9.80. The Hall–Kier alpha value is -0.700. The number of aryl methyl sites for hydroxylation is 1. The van der Waals surface area contributed by atoms with Crippen LogP contribution >= 0.6 is 15.9 Å². The molecule has 0 fully saturated rings. The van der Waals surface area contributed by atoms with E-state index in [9.17, 15) is 0 Å². The largest absolute Gasteiger partial charge is 0.486 e. The molecule has 0 N–H and O–H groups in total. The minimum atomic E-state index is 0.662. The van der Waals surface area contributed by atoms with Gasteiger partial charge in [-0.05, 0) is 24.5 Å². The van der Waals surface area contributed by atoms with Crippen molar-refractivity contribution in [3.05, 3.63) is 23.8 Å². The number of halogens is 1. The summed E-state index contributed by atoms with van der Waals surface area (Å²) >= 11 is 3.43. The van der Waals surface area contributed by atoms with Gasteiger partial charge in [-0.25, -0.2) is 0 Å². The highest BCUT2D eigenvalue weighted by Gasteiger charge is 2.14. The highest BCUT2D eigenvalue weighted by molar-refractivity contribution is 9.09. The molecule has 1 aliphatic rings. The van der Waals surface area contributed by atoms with E-state index in [4.69, 9.17) is 9.47 Å². The van der Waals surface area contributed by atoms with E-state index >= 15 is 0 Å². The summed E-state index contributed by atoms with van der Waals surface area (Å²) in [6.07, 6.45) is 2.16. The average molecular weight is 257 g/mol. The topological polar surface area (TPSA) is 18.5 Å². The van der Waals surface area contributed by atoms with E-state index in [0.29, 0.717) is 13.2 Å². The molecule has 0 aliphatic carbocycles. The first-order valence-corrected chi connectivity index (χ1v) is 5.97. The molecule has 2 nitrogen and oxygen atoms in total. The summed E-state index contributed by atoms with van der Waals surface area (Å²) in [6.45, 7) is 1.33. The van der Waals surface area contributed by atoms with E-state index in [1.165, 1.54) is 5.56 Å². The quantitative estimate of drug-likeness (QED) is 0.775. The second-order valence-corrected chi connectivity index (χ2v) is 4.03. The zero-order valence-electron chi connectivity index (χ0n) is 7.96. The number of hydrogen-bond donors (Lipinski definition) is 0. The average Bonchev–Trinajstić information content (AvgIpc) is 2.26. The Morgan fingerprint density at radius 1 is 1.21 bits per heavy atom. The number of hydrogen-bond acceptors (Lipinski definition) is 2. The van der Waals surface area contributed by atoms with Crippen LogP contribution in [0.25, 0.3) is 0 Å². The molecule has 1 aliphatic heterocycles. The fourth-order valence-electron chi connectivity index (χ4n) is 1.59. The van der Waals surface area contributed by atoms with Crippen LogP contribution in [0, 0.1) is 0 Å². The van der Waals surface area contributed by atoms with Crippen LogP contribution in [0.1, 0.15) is 12.0 Å². The van der Waals surface area contributed by atoms with Crippen molar-refractivity contribution in [2.45, 2.75) is 12.8 Å². The number of rotatable bonds is 3. The van der Waals surface area contributed by atoms with Crippen molar-refractivity contribution in [1.82, 2.24) is 0 Å². The third kappa shape index (κ3) is 2.03. The number of fused-ring (bicyclic) bond motifs is 1. The van der Waals surface area contributed by atoms with Crippen LogP contribution in [-0.2, 0) is 6.42 Å². The maximum atomic E-state index is 5.61. The summed E-state index contributed by atoms with van der Waals surface area (Å²) in [5.74, 6) is 1.84. The molecule has 0 spiro atoms. The van der Waals surface area contributed by atoms with Gasteiger partial charge >= 0.3 is 0 Å². The van der Waals surface area contributed by atoms with Crippen LogP contribution in [-0.4, -0.2) is 18.5 Å². The highest BCUT2D eigenvalue weighted by Crippen LogP contribution is 2.34. The molecule has 14 heavy (non-hydrogen) atoms. The Morgan fingerprint density at radius 2 is 2.07 bits per heavy atom. The first-order valence-electron chi connectivity index (χ1n) is 4.85. The Balaban J connectivity index is 2.21. The SMILES string of the molecule is BrCCCc1cccc2c1OCCO2. The van der Waals surface area contributed by atoms with E-state index in [0.717, 1.165) is 29.7 Å². The molecule has 1 aromatic rings. The fraction of sp³-hybridized carbons (Fsp3) is 0.455. The molecule has 3 heteroatoms. The van der Waals surface area contributed by atoms with Gasteiger partial charge in [-0.15, -0.1) is 0 Å². The molecule has 0 amide bonds. The molecule has 0 saturated carbocycles. The van der Waals surface area contributed by atoms with Crippen molar-refractivity contribution in [2.75, 3.05) is 18.5 Å². The lowest BCUT2D eigenvalue weighted by atomic mass is 10.1. The molecule has 1 aromatic carbocycles. The molecular weight excluding hydrogens is 244 g/mol. The normalized spacial score (nSPS) is 14.1. The van der Waals surface area contributed by atoms with Crippen molar-refractivity contribution in [1.29, 1.82) is 0 Å². The van der Waals surface area contributed by atoms with E-state index in [1.807, 2.05) is 12.1 Å². The van der Waals surface area contributed by atoms with Gasteiger partial charge in [0.1, 0.15) is 13.2 Å². The molecule has 1 heterocycles. The van der Waals surface area contributed by atoms with Crippen molar-refractivity contribution < 1.29 is 9.47 Å². The first kappa shape index (κ1) is 9.84. The third-order valence-corrected chi connectivity index (χ3v) is 2.79. The summed E-state index contributed by atoms with van der Waals surface area (Å²) < 4.78 is 11.1. The Labute approximate surface area is 92.3 Å². The second kappa shape index (κ2) is 4.69. The van der Waals surface area contributed by atoms with E-state index < -0.39 is 0 Å².